The van der Waals surface area contributed by atoms with Gasteiger partial charge >= 0.3 is 0 Å². The quantitative estimate of drug-likeness (QED) is 0.600. The Morgan fingerprint density at radius 2 is 2.04 bits per heavy atom. The monoisotopic (exact) mass is 374 g/mol. The molecular weight excluding hydrogens is 356 g/mol. The number of hydrogen-bond acceptors (Lipinski definition) is 3. The van der Waals surface area contributed by atoms with Gasteiger partial charge in [-0.05, 0) is 58.9 Å². The van der Waals surface area contributed by atoms with Crippen LogP contribution in [0.2, 0.25) is 0 Å². The van der Waals surface area contributed by atoms with Crippen LogP contribution in [0.25, 0.3) is 0 Å². The Bertz CT molecular complexity index is 713. The number of pyridine rings is 1. The molecule has 0 saturated carbocycles. The number of hydrogen-bond donors (Lipinski definition) is 0. The summed E-state index contributed by atoms with van der Waals surface area (Å²) in [6.45, 7) is 6.24. The van der Waals surface area contributed by atoms with E-state index in [2.05, 4.69) is 37.6 Å². The number of guanidine groups is 1. The Kier molecular flexibility index (Phi) is 5.87. The SMILES string of the molecule is C=NC(=Nc1ncc(Br)cc1C)N(C)Cc1ccc(OC)cc1. The van der Waals surface area contributed by atoms with Crippen molar-refractivity contribution in [2.24, 2.45) is 9.98 Å². The van der Waals surface area contributed by atoms with Crippen molar-refractivity contribution in [3.05, 3.63) is 52.1 Å². The second-order valence-electron chi connectivity index (χ2n) is 5.07. The van der Waals surface area contributed by atoms with Crippen LogP contribution >= 0.6 is 15.9 Å². The maximum atomic E-state index is 5.17. The third kappa shape index (κ3) is 4.63. The molecule has 0 aliphatic rings. The van der Waals surface area contributed by atoms with Crippen molar-refractivity contribution < 1.29 is 4.74 Å². The summed E-state index contributed by atoms with van der Waals surface area (Å²) in [5, 5.41) is 0. The number of aliphatic imine (C=N–C) groups is 2. The van der Waals surface area contributed by atoms with Gasteiger partial charge in [-0.25, -0.2) is 9.98 Å². The zero-order chi connectivity index (χ0) is 16.8. The lowest BCUT2D eigenvalue weighted by Crippen LogP contribution is -2.24. The fourth-order valence-corrected chi connectivity index (χ4v) is 2.51. The third-order valence-electron chi connectivity index (χ3n) is 3.28. The summed E-state index contributed by atoms with van der Waals surface area (Å²) in [7, 11) is 3.58. The van der Waals surface area contributed by atoms with Crippen molar-refractivity contribution in [3.63, 3.8) is 0 Å². The summed E-state index contributed by atoms with van der Waals surface area (Å²) in [5.74, 6) is 2.00. The summed E-state index contributed by atoms with van der Waals surface area (Å²) in [6, 6.07) is 9.86. The number of methoxy groups -OCH3 is 1. The first kappa shape index (κ1) is 17.1. The van der Waals surface area contributed by atoms with E-state index >= 15 is 0 Å². The molecule has 0 radical (unpaired) electrons. The molecule has 0 bridgehead atoms. The molecule has 2 aromatic rings. The average molecular weight is 375 g/mol. The van der Waals surface area contributed by atoms with Gasteiger partial charge in [0.25, 0.3) is 0 Å². The summed E-state index contributed by atoms with van der Waals surface area (Å²) >= 11 is 3.40. The number of halogens is 1. The lowest BCUT2D eigenvalue weighted by molar-refractivity contribution is 0.414. The molecule has 1 aromatic heterocycles. The van der Waals surface area contributed by atoms with Gasteiger partial charge in [0.1, 0.15) is 5.75 Å². The summed E-state index contributed by atoms with van der Waals surface area (Å²) in [6.07, 6.45) is 1.72. The van der Waals surface area contributed by atoms with E-state index in [9.17, 15) is 0 Å². The second-order valence-corrected chi connectivity index (χ2v) is 5.98. The predicted octanol–water partition coefficient (Wildman–Crippen LogP) is 3.98. The first-order chi connectivity index (χ1) is 11.0. The van der Waals surface area contributed by atoms with Gasteiger partial charge in [-0.15, -0.1) is 0 Å². The number of benzene rings is 1. The van der Waals surface area contributed by atoms with Gasteiger partial charge in [-0.2, -0.15) is 4.99 Å². The van der Waals surface area contributed by atoms with Gasteiger partial charge in [-0.3, -0.25) is 0 Å². The first-order valence-electron chi connectivity index (χ1n) is 7.05. The molecule has 0 atom stereocenters. The van der Waals surface area contributed by atoms with Crippen LogP contribution in [0, 0.1) is 6.92 Å². The molecule has 0 aliphatic heterocycles. The molecule has 0 spiro atoms. The van der Waals surface area contributed by atoms with Crippen molar-refractivity contribution in [1.82, 2.24) is 9.88 Å². The van der Waals surface area contributed by atoms with E-state index in [1.165, 1.54) is 0 Å². The van der Waals surface area contributed by atoms with Crippen LogP contribution in [0.1, 0.15) is 11.1 Å². The molecular formula is C17H19BrN4O. The molecule has 0 aliphatic carbocycles. The third-order valence-corrected chi connectivity index (χ3v) is 3.72. The van der Waals surface area contributed by atoms with Crippen LogP contribution in [-0.4, -0.2) is 36.7 Å². The Hall–Kier alpha value is -2.21. The first-order valence-corrected chi connectivity index (χ1v) is 7.84. The minimum atomic E-state index is 0.527. The minimum absolute atomic E-state index is 0.527. The van der Waals surface area contributed by atoms with Gasteiger partial charge in [0.05, 0.1) is 7.11 Å². The Morgan fingerprint density at radius 1 is 1.35 bits per heavy atom. The number of aryl methyl sites for hydroxylation is 1. The highest BCUT2D eigenvalue weighted by Crippen LogP contribution is 2.20. The van der Waals surface area contributed by atoms with Crippen molar-refractivity contribution >= 4 is 34.4 Å². The normalized spacial score (nSPS) is 11.2. The summed E-state index contributed by atoms with van der Waals surface area (Å²) in [5.41, 5.74) is 2.10. The number of nitrogens with zero attached hydrogens (tertiary/aromatic N) is 4. The fourth-order valence-electron chi connectivity index (χ4n) is 2.06. The van der Waals surface area contributed by atoms with Crippen LogP contribution < -0.4 is 4.74 Å². The molecule has 0 saturated heterocycles. The minimum Gasteiger partial charge on any atom is -0.497 e. The second kappa shape index (κ2) is 7.87. The number of aromatic nitrogens is 1. The topological polar surface area (TPSA) is 50.1 Å². The average Bonchev–Trinajstić information content (AvgIpc) is 2.54. The van der Waals surface area contributed by atoms with E-state index in [1.807, 2.05) is 49.2 Å². The van der Waals surface area contributed by atoms with E-state index in [0.29, 0.717) is 18.3 Å². The molecule has 2 rings (SSSR count). The van der Waals surface area contributed by atoms with Gasteiger partial charge in [0.15, 0.2) is 5.82 Å². The molecule has 120 valence electrons. The van der Waals surface area contributed by atoms with Gasteiger partial charge < -0.3 is 9.64 Å². The largest absolute Gasteiger partial charge is 0.497 e. The molecule has 0 amide bonds. The zero-order valence-electron chi connectivity index (χ0n) is 13.5. The van der Waals surface area contributed by atoms with E-state index in [-0.39, 0.29) is 0 Å². The van der Waals surface area contributed by atoms with Crippen molar-refractivity contribution in [2.45, 2.75) is 13.5 Å². The van der Waals surface area contributed by atoms with Crippen LogP contribution in [-0.2, 0) is 6.54 Å². The number of rotatable bonds is 4. The van der Waals surface area contributed by atoms with Crippen molar-refractivity contribution in [3.8, 4) is 5.75 Å². The van der Waals surface area contributed by atoms with Gasteiger partial charge in [0, 0.05) is 24.3 Å². The van der Waals surface area contributed by atoms with Crippen molar-refractivity contribution in [1.29, 1.82) is 0 Å². The fraction of sp³-hybridized carbons (Fsp3) is 0.235. The highest BCUT2D eigenvalue weighted by molar-refractivity contribution is 9.10. The zero-order valence-corrected chi connectivity index (χ0v) is 15.0. The smallest absolute Gasteiger partial charge is 0.226 e. The van der Waals surface area contributed by atoms with Gasteiger partial charge in [-0.1, -0.05) is 12.1 Å². The van der Waals surface area contributed by atoms with E-state index in [0.717, 1.165) is 21.3 Å². The van der Waals surface area contributed by atoms with E-state index < -0.39 is 0 Å². The Balaban J connectivity index is 2.18. The standard InChI is InChI=1S/C17H19BrN4O/c1-12-9-14(18)10-20-16(12)21-17(19-2)22(3)11-13-5-7-15(23-4)8-6-13/h5-10H,2,11H2,1,3-4H3. The molecule has 0 N–H and O–H groups in total. The van der Waals surface area contributed by atoms with E-state index in [4.69, 9.17) is 4.74 Å². The lowest BCUT2D eigenvalue weighted by atomic mass is 10.2. The molecule has 5 nitrogen and oxygen atoms in total. The molecule has 1 heterocycles. The van der Waals surface area contributed by atoms with Crippen LogP contribution in [0.3, 0.4) is 0 Å². The van der Waals surface area contributed by atoms with Crippen LogP contribution in [0.4, 0.5) is 5.82 Å². The molecule has 0 fully saturated rings. The maximum absolute atomic E-state index is 5.17. The van der Waals surface area contributed by atoms with Gasteiger partial charge in [0.2, 0.25) is 5.96 Å². The van der Waals surface area contributed by atoms with Crippen molar-refractivity contribution in [2.75, 3.05) is 14.2 Å². The molecule has 6 heteroatoms. The predicted molar refractivity (Wildman–Crippen MR) is 97.8 cm³/mol. The number of ether oxygens (including phenoxy) is 1. The lowest BCUT2D eigenvalue weighted by Gasteiger charge is -2.18. The summed E-state index contributed by atoms with van der Waals surface area (Å²) in [4.78, 5) is 14.8. The maximum Gasteiger partial charge on any atom is 0.226 e. The Labute approximate surface area is 144 Å². The van der Waals surface area contributed by atoms with E-state index in [1.54, 1.807) is 13.3 Å². The molecule has 0 unspecified atom stereocenters. The summed E-state index contributed by atoms with van der Waals surface area (Å²) < 4.78 is 6.09. The van der Waals surface area contributed by atoms with Crippen LogP contribution in [0.5, 0.6) is 5.75 Å². The highest BCUT2D eigenvalue weighted by atomic mass is 79.9. The Morgan fingerprint density at radius 3 is 2.61 bits per heavy atom. The van der Waals surface area contributed by atoms with Crippen LogP contribution in [0.15, 0.2) is 51.0 Å². The molecule has 23 heavy (non-hydrogen) atoms. The highest BCUT2D eigenvalue weighted by Gasteiger charge is 2.08. The molecule has 1 aromatic carbocycles.